The summed E-state index contributed by atoms with van der Waals surface area (Å²) in [5.41, 5.74) is 6.06. The Balaban J connectivity index is 2.16. The molecule has 0 aromatic heterocycles. The summed E-state index contributed by atoms with van der Waals surface area (Å²) in [6.07, 6.45) is 5.26. The summed E-state index contributed by atoms with van der Waals surface area (Å²) in [6, 6.07) is 0.229. The summed E-state index contributed by atoms with van der Waals surface area (Å²) in [7, 11) is 0. The van der Waals surface area contributed by atoms with Crippen molar-refractivity contribution in [2.24, 2.45) is 11.7 Å². The van der Waals surface area contributed by atoms with Gasteiger partial charge in [-0.15, -0.1) is 0 Å². The highest BCUT2D eigenvalue weighted by atomic mass is 16.1. The molecule has 1 aliphatic rings. The lowest BCUT2D eigenvalue weighted by atomic mass is 9.83. The summed E-state index contributed by atoms with van der Waals surface area (Å²) >= 11 is 0. The second-order valence-electron chi connectivity index (χ2n) is 5.29. The summed E-state index contributed by atoms with van der Waals surface area (Å²) < 4.78 is 0. The smallest absolute Gasteiger partial charge is 0.220 e. The number of carbonyl (C=O) groups excluding carboxylic acids is 1. The standard InChI is InChI=1S/C14H29N3O/c1-3-17(4-2)10-9-16-14(18)11-12-7-5-6-8-13(12)15/h12-13H,3-11,15H2,1-2H3,(H,16,18). The Morgan fingerprint density at radius 1 is 1.28 bits per heavy atom. The highest BCUT2D eigenvalue weighted by molar-refractivity contribution is 5.76. The topological polar surface area (TPSA) is 58.4 Å². The molecule has 0 spiro atoms. The monoisotopic (exact) mass is 255 g/mol. The molecule has 1 aliphatic carbocycles. The van der Waals surface area contributed by atoms with Gasteiger partial charge in [-0.05, 0) is 31.8 Å². The fourth-order valence-corrected chi connectivity index (χ4v) is 2.69. The Kier molecular flexibility index (Phi) is 7.28. The van der Waals surface area contributed by atoms with Crippen molar-refractivity contribution >= 4 is 5.91 Å². The van der Waals surface area contributed by atoms with Crippen molar-refractivity contribution in [3.8, 4) is 0 Å². The molecule has 1 amide bonds. The van der Waals surface area contributed by atoms with Crippen LogP contribution in [0.5, 0.6) is 0 Å². The molecule has 0 radical (unpaired) electrons. The van der Waals surface area contributed by atoms with E-state index in [-0.39, 0.29) is 11.9 Å². The third kappa shape index (κ3) is 5.36. The van der Waals surface area contributed by atoms with Gasteiger partial charge in [-0.1, -0.05) is 26.7 Å². The fraction of sp³-hybridized carbons (Fsp3) is 0.929. The normalized spacial score (nSPS) is 24.2. The van der Waals surface area contributed by atoms with E-state index in [2.05, 4.69) is 24.1 Å². The molecule has 0 heterocycles. The molecule has 1 saturated carbocycles. The fourth-order valence-electron chi connectivity index (χ4n) is 2.69. The highest BCUT2D eigenvalue weighted by Gasteiger charge is 2.23. The van der Waals surface area contributed by atoms with Crippen molar-refractivity contribution in [2.45, 2.75) is 52.0 Å². The van der Waals surface area contributed by atoms with E-state index in [1.54, 1.807) is 0 Å². The van der Waals surface area contributed by atoms with E-state index in [0.717, 1.165) is 39.0 Å². The van der Waals surface area contributed by atoms with Crippen LogP contribution < -0.4 is 11.1 Å². The first-order valence-electron chi connectivity index (χ1n) is 7.42. The quantitative estimate of drug-likeness (QED) is 0.722. The molecule has 0 aliphatic heterocycles. The van der Waals surface area contributed by atoms with E-state index in [1.165, 1.54) is 12.8 Å². The maximum atomic E-state index is 11.8. The minimum Gasteiger partial charge on any atom is -0.355 e. The summed E-state index contributed by atoms with van der Waals surface area (Å²) in [5.74, 6) is 0.566. The van der Waals surface area contributed by atoms with Crippen molar-refractivity contribution in [3.05, 3.63) is 0 Å². The molecule has 1 fully saturated rings. The number of likely N-dealkylation sites (N-methyl/N-ethyl adjacent to an activating group) is 1. The van der Waals surface area contributed by atoms with Crippen LogP contribution in [0.1, 0.15) is 46.0 Å². The minimum absolute atomic E-state index is 0.171. The molecule has 106 valence electrons. The van der Waals surface area contributed by atoms with Gasteiger partial charge in [0.25, 0.3) is 0 Å². The van der Waals surface area contributed by atoms with Crippen molar-refractivity contribution in [2.75, 3.05) is 26.2 Å². The largest absolute Gasteiger partial charge is 0.355 e. The Bertz CT molecular complexity index is 241. The van der Waals surface area contributed by atoms with E-state index < -0.39 is 0 Å². The Morgan fingerprint density at radius 3 is 2.56 bits per heavy atom. The summed E-state index contributed by atoms with van der Waals surface area (Å²) in [6.45, 7) is 8.07. The molecule has 0 saturated heterocycles. The van der Waals surface area contributed by atoms with Crippen LogP contribution in [0.25, 0.3) is 0 Å². The van der Waals surface area contributed by atoms with Crippen LogP contribution in [0.2, 0.25) is 0 Å². The molecule has 18 heavy (non-hydrogen) atoms. The molecule has 1 rings (SSSR count). The van der Waals surface area contributed by atoms with E-state index in [4.69, 9.17) is 5.73 Å². The van der Waals surface area contributed by atoms with Crippen LogP contribution in [0.15, 0.2) is 0 Å². The second kappa shape index (κ2) is 8.48. The SMILES string of the molecule is CCN(CC)CCNC(=O)CC1CCCCC1N. The van der Waals surface area contributed by atoms with Crippen LogP contribution in [-0.4, -0.2) is 43.0 Å². The van der Waals surface area contributed by atoms with Gasteiger partial charge < -0.3 is 16.0 Å². The van der Waals surface area contributed by atoms with Crippen molar-refractivity contribution in [3.63, 3.8) is 0 Å². The number of hydrogen-bond donors (Lipinski definition) is 2. The Hall–Kier alpha value is -0.610. The first-order chi connectivity index (χ1) is 8.67. The number of hydrogen-bond acceptors (Lipinski definition) is 3. The summed E-state index contributed by atoms with van der Waals surface area (Å²) in [4.78, 5) is 14.1. The lowest BCUT2D eigenvalue weighted by molar-refractivity contribution is -0.122. The van der Waals surface area contributed by atoms with Crippen molar-refractivity contribution in [1.82, 2.24) is 10.2 Å². The number of nitrogens with zero attached hydrogens (tertiary/aromatic N) is 1. The molecule has 0 aromatic carbocycles. The third-order valence-electron chi connectivity index (χ3n) is 4.06. The minimum atomic E-state index is 0.171. The van der Waals surface area contributed by atoms with E-state index in [0.29, 0.717) is 12.3 Å². The predicted molar refractivity (Wildman–Crippen MR) is 75.3 cm³/mol. The van der Waals surface area contributed by atoms with E-state index in [9.17, 15) is 4.79 Å². The van der Waals surface area contributed by atoms with Gasteiger partial charge in [-0.25, -0.2) is 0 Å². The van der Waals surface area contributed by atoms with Crippen molar-refractivity contribution < 1.29 is 4.79 Å². The molecular weight excluding hydrogens is 226 g/mol. The molecule has 0 aromatic rings. The number of carbonyl (C=O) groups is 1. The zero-order chi connectivity index (χ0) is 13.4. The number of nitrogens with one attached hydrogen (secondary N) is 1. The Morgan fingerprint density at radius 2 is 1.94 bits per heavy atom. The van der Waals surface area contributed by atoms with Crippen LogP contribution in [0.4, 0.5) is 0 Å². The molecule has 3 N–H and O–H groups in total. The van der Waals surface area contributed by atoms with E-state index >= 15 is 0 Å². The van der Waals surface area contributed by atoms with Gasteiger partial charge in [0.1, 0.15) is 0 Å². The van der Waals surface area contributed by atoms with Gasteiger partial charge in [-0.2, -0.15) is 0 Å². The maximum Gasteiger partial charge on any atom is 0.220 e. The third-order valence-corrected chi connectivity index (χ3v) is 4.06. The van der Waals surface area contributed by atoms with Gasteiger partial charge in [-0.3, -0.25) is 4.79 Å². The van der Waals surface area contributed by atoms with E-state index in [1.807, 2.05) is 0 Å². The van der Waals surface area contributed by atoms with Gasteiger partial charge in [0.05, 0.1) is 0 Å². The number of rotatable bonds is 7. The summed E-state index contributed by atoms with van der Waals surface area (Å²) in [5, 5.41) is 3.01. The average molecular weight is 255 g/mol. The number of amides is 1. The molecular formula is C14H29N3O. The Labute approximate surface area is 111 Å². The second-order valence-corrected chi connectivity index (χ2v) is 5.29. The zero-order valence-electron chi connectivity index (χ0n) is 12.0. The predicted octanol–water partition coefficient (Wildman–Crippen LogP) is 1.35. The molecule has 2 atom stereocenters. The van der Waals surface area contributed by atoms with Crippen LogP contribution in [0.3, 0.4) is 0 Å². The lowest BCUT2D eigenvalue weighted by Crippen LogP contribution is -2.39. The first-order valence-corrected chi connectivity index (χ1v) is 7.42. The average Bonchev–Trinajstić information content (AvgIpc) is 2.37. The van der Waals surface area contributed by atoms with Gasteiger partial charge in [0.2, 0.25) is 5.91 Å². The van der Waals surface area contributed by atoms with Gasteiger partial charge in [0, 0.05) is 25.6 Å². The van der Waals surface area contributed by atoms with Crippen molar-refractivity contribution in [1.29, 1.82) is 0 Å². The molecule has 0 bridgehead atoms. The van der Waals surface area contributed by atoms with Gasteiger partial charge in [0.15, 0.2) is 0 Å². The van der Waals surface area contributed by atoms with Gasteiger partial charge >= 0.3 is 0 Å². The van der Waals surface area contributed by atoms with Crippen LogP contribution in [-0.2, 0) is 4.79 Å². The zero-order valence-corrected chi connectivity index (χ0v) is 12.0. The molecule has 2 unspecified atom stereocenters. The molecule has 4 heteroatoms. The number of nitrogens with two attached hydrogens (primary N) is 1. The maximum absolute atomic E-state index is 11.8. The van der Waals surface area contributed by atoms with Crippen LogP contribution in [0, 0.1) is 5.92 Å². The lowest BCUT2D eigenvalue weighted by Gasteiger charge is -2.28. The highest BCUT2D eigenvalue weighted by Crippen LogP contribution is 2.25. The first kappa shape index (κ1) is 15.4. The molecule has 4 nitrogen and oxygen atoms in total. The van der Waals surface area contributed by atoms with Crippen LogP contribution >= 0.6 is 0 Å².